The molecule has 0 aliphatic carbocycles. The van der Waals surface area contributed by atoms with E-state index in [9.17, 15) is 4.39 Å². The normalized spacial score (nSPS) is 10.0. The fourth-order valence-corrected chi connectivity index (χ4v) is 1.13. The third kappa shape index (κ3) is 3.68. The summed E-state index contributed by atoms with van der Waals surface area (Å²) in [7, 11) is -1.62. The number of benzene rings is 1. The van der Waals surface area contributed by atoms with Crippen molar-refractivity contribution in [3.63, 3.8) is 0 Å². The van der Waals surface area contributed by atoms with E-state index in [1.807, 2.05) is 6.92 Å². The molecule has 0 saturated carbocycles. The van der Waals surface area contributed by atoms with Crippen molar-refractivity contribution in [1.29, 1.82) is 0 Å². The Morgan fingerprint density at radius 2 is 2.19 bits per heavy atom. The SMILES string of the molecule is C=C(C)CCOc1cc(B(O)O)ccc1F. The van der Waals surface area contributed by atoms with Crippen LogP contribution in [-0.2, 0) is 0 Å². The predicted molar refractivity (Wildman–Crippen MR) is 61.2 cm³/mol. The van der Waals surface area contributed by atoms with Gasteiger partial charge in [0.2, 0.25) is 0 Å². The summed E-state index contributed by atoms with van der Waals surface area (Å²) < 4.78 is 18.4. The summed E-state index contributed by atoms with van der Waals surface area (Å²) in [5.74, 6) is -0.502. The second kappa shape index (κ2) is 5.68. The lowest BCUT2D eigenvalue weighted by molar-refractivity contribution is 0.305. The van der Waals surface area contributed by atoms with Gasteiger partial charge in [-0.2, -0.15) is 0 Å². The van der Waals surface area contributed by atoms with Gasteiger partial charge in [-0.1, -0.05) is 11.6 Å². The maximum absolute atomic E-state index is 13.2. The summed E-state index contributed by atoms with van der Waals surface area (Å²) >= 11 is 0. The molecule has 0 fully saturated rings. The van der Waals surface area contributed by atoms with Crippen LogP contribution >= 0.6 is 0 Å². The molecule has 0 aliphatic rings. The molecule has 5 heteroatoms. The van der Waals surface area contributed by atoms with Crippen molar-refractivity contribution in [1.82, 2.24) is 0 Å². The Morgan fingerprint density at radius 1 is 1.50 bits per heavy atom. The molecule has 16 heavy (non-hydrogen) atoms. The highest BCUT2D eigenvalue weighted by Gasteiger charge is 2.14. The Bertz CT molecular complexity index is 379. The molecule has 1 rings (SSSR count). The third-order valence-corrected chi connectivity index (χ3v) is 2.04. The molecular weight excluding hydrogens is 210 g/mol. The van der Waals surface area contributed by atoms with E-state index in [1.54, 1.807) is 0 Å². The van der Waals surface area contributed by atoms with Crippen LogP contribution in [0.1, 0.15) is 13.3 Å². The van der Waals surface area contributed by atoms with Crippen LogP contribution < -0.4 is 10.2 Å². The molecule has 1 aromatic rings. The van der Waals surface area contributed by atoms with E-state index < -0.39 is 12.9 Å². The average Bonchev–Trinajstić information content (AvgIpc) is 2.20. The lowest BCUT2D eigenvalue weighted by Gasteiger charge is -2.08. The summed E-state index contributed by atoms with van der Waals surface area (Å²) in [6.07, 6.45) is 0.630. The number of halogens is 1. The Hall–Kier alpha value is -1.33. The first-order valence-electron chi connectivity index (χ1n) is 4.93. The Kier molecular flexibility index (Phi) is 4.52. The zero-order valence-electron chi connectivity index (χ0n) is 9.11. The molecule has 1 aromatic carbocycles. The highest BCUT2D eigenvalue weighted by molar-refractivity contribution is 6.58. The quantitative estimate of drug-likeness (QED) is 0.575. The van der Waals surface area contributed by atoms with Gasteiger partial charge < -0.3 is 14.8 Å². The van der Waals surface area contributed by atoms with Gasteiger partial charge in [-0.25, -0.2) is 4.39 Å². The molecule has 0 saturated heterocycles. The molecule has 0 heterocycles. The van der Waals surface area contributed by atoms with E-state index >= 15 is 0 Å². The second-order valence-corrected chi connectivity index (χ2v) is 3.62. The molecule has 86 valence electrons. The molecule has 2 N–H and O–H groups in total. The Balaban J connectivity index is 2.70. The van der Waals surface area contributed by atoms with Crippen molar-refractivity contribution in [3.05, 3.63) is 36.2 Å². The van der Waals surface area contributed by atoms with Crippen molar-refractivity contribution in [2.45, 2.75) is 13.3 Å². The number of ether oxygens (including phenoxy) is 1. The van der Waals surface area contributed by atoms with Crippen LogP contribution in [0.25, 0.3) is 0 Å². The van der Waals surface area contributed by atoms with Gasteiger partial charge in [0.15, 0.2) is 11.6 Å². The monoisotopic (exact) mass is 224 g/mol. The lowest BCUT2D eigenvalue weighted by Crippen LogP contribution is -2.29. The standard InChI is InChI=1S/C11H14BFO3/c1-8(2)5-6-16-11-7-9(12(14)15)3-4-10(11)13/h3-4,7,14-15H,1,5-6H2,2H3. The van der Waals surface area contributed by atoms with Crippen LogP contribution in [0.5, 0.6) is 5.75 Å². The van der Waals surface area contributed by atoms with Crippen LogP contribution in [0.15, 0.2) is 30.4 Å². The summed E-state index contributed by atoms with van der Waals surface area (Å²) in [5.41, 5.74) is 1.14. The van der Waals surface area contributed by atoms with Gasteiger partial charge >= 0.3 is 7.12 Å². The van der Waals surface area contributed by atoms with Gasteiger partial charge in [-0.05, 0) is 24.5 Å². The van der Waals surface area contributed by atoms with Crippen molar-refractivity contribution >= 4 is 12.6 Å². The van der Waals surface area contributed by atoms with Gasteiger partial charge in [-0.15, -0.1) is 6.58 Å². The Labute approximate surface area is 94.3 Å². The summed E-state index contributed by atoms with van der Waals surface area (Å²) in [5, 5.41) is 17.8. The minimum Gasteiger partial charge on any atom is -0.490 e. The van der Waals surface area contributed by atoms with Crippen molar-refractivity contribution in [2.24, 2.45) is 0 Å². The van der Waals surface area contributed by atoms with Gasteiger partial charge in [0.05, 0.1) is 6.61 Å². The summed E-state index contributed by atoms with van der Waals surface area (Å²) in [6.45, 7) is 5.87. The highest BCUT2D eigenvalue weighted by atomic mass is 19.1. The van der Waals surface area contributed by atoms with Crippen molar-refractivity contribution < 1.29 is 19.2 Å². The molecule has 0 spiro atoms. The highest BCUT2D eigenvalue weighted by Crippen LogP contribution is 2.15. The zero-order chi connectivity index (χ0) is 12.1. The minimum absolute atomic E-state index is 0.0202. The third-order valence-electron chi connectivity index (χ3n) is 2.04. The summed E-state index contributed by atoms with van der Waals surface area (Å²) in [6, 6.07) is 3.72. The number of hydrogen-bond acceptors (Lipinski definition) is 3. The second-order valence-electron chi connectivity index (χ2n) is 3.62. The fourth-order valence-electron chi connectivity index (χ4n) is 1.13. The first-order chi connectivity index (χ1) is 7.50. The molecule has 0 bridgehead atoms. The van der Waals surface area contributed by atoms with E-state index in [2.05, 4.69) is 6.58 Å². The maximum Gasteiger partial charge on any atom is 0.488 e. The lowest BCUT2D eigenvalue weighted by atomic mass is 9.80. The number of rotatable bonds is 5. The molecule has 0 atom stereocenters. The molecular formula is C11H14BFO3. The van der Waals surface area contributed by atoms with E-state index in [4.69, 9.17) is 14.8 Å². The molecule has 3 nitrogen and oxygen atoms in total. The van der Waals surface area contributed by atoms with Crippen LogP contribution in [0.3, 0.4) is 0 Å². The first-order valence-corrected chi connectivity index (χ1v) is 4.93. The van der Waals surface area contributed by atoms with E-state index in [-0.39, 0.29) is 11.2 Å². The van der Waals surface area contributed by atoms with Gasteiger partial charge in [0.25, 0.3) is 0 Å². The molecule has 0 radical (unpaired) electrons. The maximum atomic E-state index is 13.2. The average molecular weight is 224 g/mol. The fraction of sp³-hybridized carbons (Fsp3) is 0.273. The van der Waals surface area contributed by atoms with Gasteiger partial charge in [0.1, 0.15) is 0 Å². The van der Waals surface area contributed by atoms with Crippen LogP contribution in [-0.4, -0.2) is 23.8 Å². The van der Waals surface area contributed by atoms with Crippen LogP contribution in [0, 0.1) is 5.82 Å². The largest absolute Gasteiger partial charge is 0.490 e. The predicted octanol–water partition coefficient (Wildman–Crippen LogP) is 0.851. The smallest absolute Gasteiger partial charge is 0.488 e. The molecule has 0 amide bonds. The minimum atomic E-state index is -1.62. The van der Waals surface area contributed by atoms with Crippen molar-refractivity contribution in [2.75, 3.05) is 6.61 Å². The van der Waals surface area contributed by atoms with E-state index in [1.165, 1.54) is 12.1 Å². The van der Waals surface area contributed by atoms with Crippen LogP contribution in [0.4, 0.5) is 4.39 Å². The summed E-state index contributed by atoms with van der Waals surface area (Å²) in [4.78, 5) is 0. The number of hydrogen-bond donors (Lipinski definition) is 2. The van der Waals surface area contributed by atoms with Gasteiger partial charge in [0, 0.05) is 6.42 Å². The molecule has 0 aromatic heterocycles. The van der Waals surface area contributed by atoms with E-state index in [0.717, 1.165) is 11.6 Å². The zero-order valence-corrected chi connectivity index (χ0v) is 9.11. The Morgan fingerprint density at radius 3 is 2.75 bits per heavy atom. The molecule has 0 aliphatic heterocycles. The van der Waals surface area contributed by atoms with Crippen molar-refractivity contribution in [3.8, 4) is 5.75 Å². The van der Waals surface area contributed by atoms with Gasteiger partial charge in [-0.3, -0.25) is 0 Å². The van der Waals surface area contributed by atoms with E-state index in [0.29, 0.717) is 13.0 Å². The molecule has 0 unspecified atom stereocenters. The topological polar surface area (TPSA) is 49.7 Å². The van der Waals surface area contributed by atoms with Crippen LogP contribution in [0.2, 0.25) is 0 Å². The first kappa shape index (κ1) is 12.7.